The van der Waals surface area contributed by atoms with Crippen LogP contribution in [0.25, 0.3) is 0 Å². The first-order valence-electron chi connectivity index (χ1n) is 9.14. The SMILES string of the molecule is CC=C(C)[C@@H]1OC(C)(C)N(C(=O)OC(C)(C)C)[C@H]1CC(C)(C)CC(=O)O. The Morgan fingerprint density at radius 1 is 1.23 bits per heavy atom. The molecule has 1 amide bonds. The molecule has 6 nitrogen and oxygen atoms in total. The van der Waals surface area contributed by atoms with Crippen LogP contribution in [0.5, 0.6) is 0 Å². The number of hydrogen-bond acceptors (Lipinski definition) is 4. The second kappa shape index (κ2) is 7.59. The van der Waals surface area contributed by atoms with Crippen LogP contribution in [0.2, 0.25) is 0 Å². The zero-order valence-corrected chi connectivity index (χ0v) is 17.7. The van der Waals surface area contributed by atoms with Crippen LogP contribution in [0, 0.1) is 5.41 Å². The summed E-state index contributed by atoms with van der Waals surface area (Å²) in [5, 5.41) is 9.23. The molecule has 0 spiro atoms. The van der Waals surface area contributed by atoms with E-state index < -0.39 is 28.8 Å². The van der Waals surface area contributed by atoms with Crippen molar-refractivity contribution in [2.75, 3.05) is 0 Å². The van der Waals surface area contributed by atoms with Crippen molar-refractivity contribution in [1.29, 1.82) is 0 Å². The minimum Gasteiger partial charge on any atom is -0.481 e. The Morgan fingerprint density at radius 2 is 1.77 bits per heavy atom. The van der Waals surface area contributed by atoms with Crippen LogP contribution in [0.1, 0.15) is 75.2 Å². The van der Waals surface area contributed by atoms with E-state index in [1.807, 2.05) is 68.4 Å². The van der Waals surface area contributed by atoms with Gasteiger partial charge >= 0.3 is 12.1 Å². The number of amides is 1. The van der Waals surface area contributed by atoms with Crippen molar-refractivity contribution in [1.82, 2.24) is 4.90 Å². The highest BCUT2D eigenvalue weighted by Crippen LogP contribution is 2.42. The summed E-state index contributed by atoms with van der Waals surface area (Å²) in [5.41, 5.74) is -0.948. The molecule has 150 valence electrons. The van der Waals surface area contributed by atoms with Crippen LogP contribution in [0.15, 0.2) is 11.6 Å². The van der Waals surface area contributed by atoms with Gasteiger partial charge in [-0.1, -0.05) is 19.9 Å². The number of nitrogens with zero attached hydrogens (tertiary/aromatic N) is 1. The average molecular weight is 370 g/mol. The van der Waals surface area contributed by atoms with Gasteiger partial charge in [0.1, 0.15) is 17.4 Å². The smallest absolute Gasteiger partial charge is 0.412 e. The molecular formula is C20H35NO5. The van der Waals surface area contributed by atoms with Gasteiger partial charge in [-0.25, -0.2) is 4.79 Å². The molecule has 0 bridgehead atoms. The van der Waals surface area contributed by atoms with Gasteiger partial charge in [0, 0.05) is 0 Å². The molecule has 0 aromatic rings. The Morgan fingerprint density at radius 3 is 2.19 bits per heavy atom. The van der Waals surface area contributed by atoms with Gasteiger partial charge < -0.3 is 14.6 Å². The van der Waals surface area contributed by atoms with E-state index in [1.54, 1.807) is 4.90 Å². The van der Waals surface area contributed by atoms with Gasteiger partial charge in [0.25, 0.3) is 0 Å². The quantitative estimate of drug-likeness (QED) is 0.718. The average Bonchev–Trinajstić information content (AvgIpc) is 2.64. The van der Waals surface area contributed by atoms with E-state index >= 15 is 0 Å². The van der Waals surface area contributed by atoms with Crippen LogP contribution in [-0.4, -0.2) is 45.5 Å². The molecule has 0 radical (unpaired) electrons. The van der Waals surface area contributed by atoms with Gasteiger partial charge in [-0.15, -0.1) is 0 Å². The largest absolute Gasteiger partial charge is 0.481 e. The predicted molar refractivity (Wildman–Crippen MR) is 101 cm³/mol. The summed E-state index contributed by atoms with van der Waals surface area (Å²) in [6, 6.07) is -0.301. The third-order valence-corrected chi connectivity index (χ3v) is 4.56. The third-order valence-electron chi connectivity index (χ3n) is 4.56. The summed E-state index contributed by atoms with van der Waals surface area (Å²) in [7, 11) is 0. The van der Waals surface area contributed by atoms with Gasteiger partial charge in [-0.05, 0) is 65.9 Å². The highest BCUT2D eigenvalue weighted by Gasteiger charge is 2.52. The van der Waals surface area contributed by atoms with Gasteiger partial charge in [0.2, 0.25) is 0 Å². The number of carbonyl (C=O) groups excluding carboxylic acids is 1. The Hall–Kier alpha value is -1.56. The summed E-state index contributed by atoms with van der Waals surface area (Å²) in [6.45, 7) is 16.9. The van der Waals surface area contributed by atoms with Crippen molar-refractivity contribution >= 4 is 12.1 Å². The molecule has 26 heavy (non-hydrogen) atoms. The molecule has 1 N–H and O–H groups in total. The van der Waals surface area contributed by atoms with E-state index in [0.717, 1.165) is 5.57 Å². The molecule has 1 saturated heterocycles. The summed E-state index contributed by atoms with van der Waals surface area (Å²) in [5.74, 6) is -0.851. The number of hydrogen-bond donors (Lipinski definition) is 1. The van der Waals surface area contributed by atoms with Crippen LogP contribution in [0.3, 0.4) is 0 Å². The van der Waals surface area contributed by atoms with E-state index in [-0.39, 0.29) is 18.6 Å². The van der Waals surface area contributed by atoms with Crippen LogP contribution >= 0.6 is 0 Å². The van der Waals surface area contributed by atoms with E-state index in [4.69, 9.17) is 9.47 Å². The number of carboxylic acids is 1. The van der Waals surface area contributed by atoms with Crippen LogP contribution in [-0.2, 0) is 14.3 Å². The number of carbonyl (C=O) groups is 2. The molecule has 2 atom stereocenters. The highest BCUT2D eigenvalue weighted by atomic mass is 16.6. The Kier molecular flexibility index (Phi) is 6.56. The molecule has 0 saturated carbocycles. The topological polar surface area (TPSA) is 76.1 Å². The Balaban J connectivity index is 3.27. The fourth-order valence-electron chi connectivity index (χ4n) is 3.45. The number of rotatable bonds is 5. The lowest BCUT2D eigenvalue weighted by molar-refractivity contribution is -0.139. The lowest BCUT2D eigenvalue weighted by Crippen LogP contribution is -2.51. The van der Waals surface area contributed by atoms with Gasteiger partial charge in [-0.3, -0.25) is 9.69 Å². The molecule has 0 aromatic heterocycles. The zero-order chi connectivity index (χ0) is 20.5. The number of allylic oxidation sites excluding steroid dienone is 1. The van der Waals surface area contributed by atoms with Crippen molar-refractivity contribution in [2.24, 2.45) is 5.41 Å². The van der Waals surface area contributed by atoms with E-state index in [1.165, 1.54) is 0 Å². The lowest BCUT2D eigenvalue weighted by atomic mass is 9.80. The van der Waals surface area contributed by atoms with E-state index in [2.05, 4.69) is 0 Å². The molecule has 0 unspecified atom stereocenters. The van der Waals surface area contributed by atoms with Crippen molar-refractivity contribution in [3.8, 4) is 0 Å². The van der Waals surface area contributed by atoms with Crippen LogP contribution < -0.4 is 0 Å². The number of carboxylic acid groups (broad SMARTS) is 1. The first kappa shape index (κ1) is 22.5. The van der Waals surface area contributed by atoms with Crippen LogP contribution in [0.4, 0.5) is 4.79 Å². The predicted octanol–water partition coefficient (Wildman–Crippen LogP) is 4.58. The molecular weight excluding hydrogens is 334 g/mol. The van der Waals surface area contributed by atoms with Crippen molar-refractivity contribution in [3.63, 3.8) is 0 Å². The maximum absolute atomic E-state index is 12.9. The molecule has 0 aliphatic carbocycles. The number of aliphatic carboxylic acids is 1. The van der Waals surface area contributed by atoms with Crippen molar-refractivity contribution in [2.45, 2.75) is 98.6 Å². The van der Waals surface area contributed by atoms with E-state index in [9.17, 15) is 14.7 Å². The molecule has 1 aliphatic heterocycles. The Labute approximate surface area is 157 Å². The molecule has 1 aliphatic rings. The maximum Gasteiger partial charge on any atom is 0.412 e. The second-order valence-electron chi connectivity index (χ2n) is 9.37. The van der Waals surface area contributed by atoms with E-state index in [0.29, 0.717) is 6.42 Å². The van der Waals surface area contributed by atoms with Crippen molar-refractivity contribution in [3.05, 3.63) is 11.6 Å². The molecule has 6 heteroatoms. The molecule has 1 fully saturated rings. The number of ether oxygens (including phenoxy) is 2. The lowest BCUT2D eigenvalue weighted by Gasteiger charge is -2.37. The van der Waals surface area contributed by atoms with Gasteiger partial charge in [0.05, 0.1) is 12.5 Å². The summed E-state index contributed by atoms with van der Waals surface area (Å²) in [6.07, 6.45) is 1.75. The Bertz CT molecular complexity index is 571. The maximum atomic E-state index is 12.9. The first-order chi connectivity index (χ1) is 11.6. The van der Waals surface area contributed by atoms with Crippen molar-refractivity contribution < 1.29 is 24.2 Å². The molecule has 1 heterocycles. The van der Waals surface area contributed by atoms with Gasteiger partial charge in [0.15, 0.2) is 0 Å². The summed E-state index contributed by atoms with van der Waals surface area (Å²) in [4.78, 5) is 25.8. The highest BCUT2D eigenvalue weighted by molar-refractivity contribution is 5.70. The minimum absolute atomic E-state index is 0.0215. The second-order valence-corrected chi connectivity index (χ2v) is 9.37. The fourth-order valence-corrected chi connectivity index (χ4v) is 3.45. The first-order valence-corrected chi connectivity index (χ1v) is 9.14. The minimum atomic E-state index is -0.851. The fraction of sp³-hybridized carbons (Fsp3) is 0.800. The summed E-state index contributed by atoms with van der Waals surface area (Å²) >= 11 is 0. The normalized spacial score (nSPS) is 23.9. The third kappa shape index (κ3) is 5.73. The van der Waals surface area contributed by atoms with Gasteiger partial charge in [-0.2, -0.15) is 0 Å². The standard InChI is InChI=1S/C20H35NO5/c1-10-13(2)16-14(11-19(6,7)12-15(22)23)21(20(8,9)25-16)17(24)26-18(3,4)5/h10,14,16H,11-12H2,1-9H3,(H,22,23)/t14-,16-/m0/s1. The molecule has 0 aromatic carbocycles. The molecule has 1 rings (SSSR count). The summed E-state index contributed by atoms with van der Waals surface area (Å²) < 4.78 is 11.8. The monoisotopic (exact) mass is 369 g/mol. The zero-order valence-electron chi connectivity index (χ0n) is 17.7.